The number of carbonyl (C=O) groups is 1. The fourth-order valence-electron chi connectivity index (χ4n) is 3.16. The quantitative estimate of drug-likeness (QED) is 0.448. The maximum atomic E-state index is 12.8. The van der Waals surface area contributed by atoms with Gasteiger partial charge in [-0.1, -0.05) is 41.4 Å². The lowest BCUT2D eigenvalue weighted by atomic mass is 10.2. The molecule has 146 valence electrons. The van der Waals surface area contributed by atoms with Gasteiger partial charge in [0.05, 0.1) is 23.2 Å². The molecule has 3 aromatic carbocycles. The van der Waals surface area contributed by atoms with Gasteiger partial charge >= 0.3 is 0 Å². The summed E-state index contributed by atoms with van der Waals surface area (Å²) in [6.45, 7) is 0.0754. The standard InChI is InChI=1S/C22H17Cl2N3O2/c1-29-16-6-4-5-15(12-16)25-21(28)13-27-20-8-3-2-7-19(20)26-22(27)17-10-9-14(23)11-18(17)24/h2-12H,13H2,1H3,(H,25,28). The summed E-state index contributed by atoms with van der Waals surface area (Å²) >= 11 is 12.4. The number of halogens is 2. The number of imidazole rings is 1. The van der Waals surface area contributed by atoms with Gasteiger partial charge in [0, 0.05) is 22.3 Å². The summed E-state index contributed by atoms with van der Waals surface area (Å²) < 4.78 is 7.05. The predicted octanol–water partition coefficient (Wildman–Crippen LogP) is 5.66. The van der Waals surface area contributed by atoms with E-state index < -0.39 is 0 Å². The molecule has 4 aromatic rings. The highest BCUT2D eigenvalue weighted by Gasteiger charge is 2.17. The lowest BCUT2D eigenvalue weighted by molar-refractivity contribution is -0.116. The molecule has 0 radical (unpaired) electrons. The molecule has 0 unspecified atom stereocenters. The number of methoxy groups -OCH3 is 1. The van der Waals surface area contributed by atoms with Gasteiger partial charge in [-0.05, 0) is 42.5 Å². The van der Waals surface area contributed by atoms with Crippen LogP contribution in [0.25, 0.3) is 22.4 Å². The summed E-state index contributed by atoms with van der Waals surface area (Å²) in [5, 5.41) is 3.91. The maximum Gasteiger partial charge on any atom is 0.244 e. The van der Waals surface area contributed by atoms with Gasteiger partial charge in [-0.25, -0.2) is 4.98 Å². The Morgan fingerprint density at radius 3 is 2.69 bits per heavy atom. The normalized spacial score (nSPS) is 10.9. The number of nitrogens with zero attached hydrogens (tertiary/aromatic N) is 2. The van der Waals surface area contributed by atoms with E-state index in [2.05, 4.69) is 5.32 Å². The van der Waals surface area contributed by atoms with Crippen LogP contribution in [-0.4, -0.2) is 22.6 Å². The number of hydrogen-bond acceptors (Lipinski definition) is 3. The number of para-hydroxylation sites is 2. The molecule has 4 rings (SSSR count). The van der Waals surface area contributed by atoms with Gasteiger partial charge in [0.15, 0.2) is 0 Å². The third kappa shape index (κ3) is 4.06. The zero-order valence-electron chi connectivity index (χ0n) is 15.5. The largest absolute Gasteiger partial charge is 0.497 e. The second-order valence-corrected chi connectivity index (χ2v) is 7.26. The molecule has 0 atom stereocenters. The van der Waals surface area contributed by atoms with Crippen molar-refractivity contribution in [1.29, 1.82) is 0 Å². The minimum atomic E-state index is -0.187. The Balaban J connectivity index is 1.71. The first kappa shape index (κ1) is 19.3. The molecule has 0 saturated heterocycles. The Kier molecular flexibility index (Phi) is 5.43. The van der Waals surface area contributed by atoms with Gasteiger partial charge in [-0.3, -0.25) is 4.79 Å². The van der Waals surface area contributed by atoms with Gasteiger partial charge in [-0.2, -0.15) is 0 Å². The van der Waals surface area contributed by atoms with Crippen LogP contribution in [0.1, 0.15) is 0 Å². The molecule has 0 aliphatic rings. The molecule has 29 heavy (non-hydrogen) atoms. The summed E-state index contributed by atoms with van der Waals surface area (Å²) in [4.78, 5) is 17.5. The Morgan fingerprint density at radius 2 is 1.90 bits per heavy atom. The number of hydrogen-bond donors (Lipinski definition) is 1. The molecule has 0 aliphatic heterocycles. The van der Waals surface area contributed by atoms with Crippen molar-refractivity contribution in [2.24, 2.45) is 0 Å². The summed E-state index contributed by atoms with van der Waals surface area (Å²) in [7, 11) is 1.58. The van der Waals surface area contributed by atoms with Crippen LogP contribution < -0.4 is 10.1 Å². The lowest BCUT2D eigenvalue weighted by Gasteiger charge is -2.12. The van der Waals surface area contributed by atoms with Crippen LogP contribution in [0.15, 0.2) is 66.7 Å². The first-order valence-electron chi connectivity index (χ1n) is 8.90. The molecule has 0 fully saturated rings. The lowest BCUT2D eigenvalue weighted by Crippen LogP contribution is -2.19. The third-order valence-electron chi connectivity index (χ3n) is 4.48. The molecule has 0 aliphatic carbocycles. The molecular formula is C22H17Cl2N3O2. The van der Waals surface area contributed by atoms with Crippen molar-refractivity contribution in [2.75, 3.05) is 12.4 Å². The predicted molar refractivity (Wildman–Crippen MR) is 117 cm³/mol. The average Bonchev–Trinajstić information content (AvgIpc) is 3.06. The van der Waals surface area contributed by atoms with E-state index in [9.17, 15) is 4.79 Å². The number of ether oxygens (including phenoxy) is 1. The molecular weight excluding hydrogens is 409 g/mol. The second-order valence-electron chi connectivity index (χ2n) is 6.41. The van der Waals surface area contributed by atoms with Crippen molar-refractivity contribution >= 4 is 45.8 Å². The highest BCUT2D eigenvalue weighted by atomic mass is 35.5. The summed E-state index contributed by atoms with van der Waals surface area (Å²) in [5.74, 6) is 1.09. The average molecular weight is 426 g/mol. The summed E-state index contributed by atoms with van der Waals surface area (Å²) in [5.41, 5.74) is 2.99. The van der Waals surface area contributed by atoms with E-state index in [1.165, 1.54) is 0 Å². The van der Waals surface area contributed by atoms with Crippen molar-refractivity contribution in [3.63, 3.8) is 0 Å². The van der Waals surface area contributed by atoms with E-state index in [1.807, 2.05) is 53.1 Å². The third-order valence-corrected chi connectivity index (χ3v) is 5.03. The van der Waals surface area contributed by atoms with Crippen molar-refractivity contribution < 1.29 is 9.53 Å². The monoisotopic (exact) mass is 425 g/mol. The summed E-state index contributed by atoms with van der Waals surface area (Å²) in [6, 6.07) is 20.1. The number of fused-ring (bicyclic) bond motifs is 1. The molecule has 1 aromatic heterocycles. The first-order valence-corrected chi connectivity index (χ1v) is 9.65. The second kappa shape index (κ2) is 8.15. The van der Waals surface area contributed by atoms with Crippen LogP contribution in [0.4, 0.5) is 5.69 Å². The highest BCUT2D eigenvalue weighted by molar-refractivity contribution is 6.36. The van der Waals surface area contributed by atoms with Crippen LogP contribution in [0.2, 0.25) is 10.0 Å². The molecule has 1 N–H and O–H groups in total. The number of nitrogens with one attached hydrogen (secondary N) is 1. The smallest absolute Gasteiger partial charge is 0.244 e. The van der Waals surface area contributed by atoms with Crippen molar-refractivity contribution in [2.45, 2.75) is 6.54 Å². The van der Waals surface area contributed by atoms with Crippen LogP contribution in [0.3, 0.4) is 0 Å². The topological polar surface area (TPSA) is 56.1 Å². The van der Waals surface area contributed by atoms with Gasteiger partial charge in [0.1, 0.15) is 18.1 Å². The van der Waals surface area contributed by atoms with E-state index in [0.29, 0.717) is 32.9 Å². The molecule has 0 saturated carbocycles. The number of rotatable bonds is 5. The number of carbonyl (C=O) groups excluding carboxylic acids is 1. The van der Waals surface area contributed by atoms with Gasteiger partial charge in [-0.15, -0.1) is 0 Å². The molecule has 0 spiro atoms. The summed E-state index contributed by atoms with van der Waals surface area (Å²) in [6.07, 6.45) is 0. The molecule has 1 heterocycles. The first-order chi connectivity index (χ1) is 14.0. The molecule has 5 nitrogen and oxygen atoms in total. The van der Waals surface area contributed by atoms with E-state index in [4.69, 9.17) is 32.9 Å². The Hall–Kier alpha value is -3.02. The Bertz CT molecular complexity index is 1200. The zero-order valence-corrected chi connectivity index (χ0v) is 17.0. The molecule has 1 amide bonds. The van der Waals surface area contributed by atoms with E-state index >= 15 is 0 Å². The Morgan fingerprint density at radius 1 is 1.07 bits per heavy atom. The highest BCUT2D eigenvalue weighted by Crippen LogP contribution is 2.32. The van der Waals surface area contributed by atoms with Crippen molar-refractivity contribution in [3.8, 4) is 17.1 Å². The fraction of sp³-hybridized carbons (Fsp3) is 0.0909. The van der Waals surface area contributed by atoms with Crippen LogP contribution in [-0.2, 0) is 11.3 Å². The number of amides is 1. The number of benzene rings is 3. The van der Waals surface area contributed by atoms with Gasteiger partial charge in [0.25, 0.3) is 0 Å². The molecule has 0 bridgehead atoms. The SMILES string of the molecule is COc1cccc(NC(=O)Cn2c(-c3ccc(Cl)cc3Cl)nc3ccccc32)c1. The van der Waals surface area contributed by atoms with Crippen molar-refractivity contribution in [1.82, 2.24) is 9.55 Å². The Labute approximate surface area is 177 Å². The van der Waals surface area contributed by atoms with E-state index in [-0.39, 0.29) is 12.5 Å². The van der Waals surface area contributed by atoms with Crippen LogP contribution in [0.5, 0.6) is 5.75 Å². The van der Waals surface area contributed by atoms with Crippen molar-refractivity contribution in [3.05, 3.63) is 76.8 Å². The fourth-order valence-corrected chi connectivity index (χ4v) is 3.65. The van der Waals surface area contributed by atoms with Gasteiger partial charge in [0.2, 0.25) is 5.91 Å². The minimum absolute atomic E-state index is 0.0754. The van der Waals surface area contributed by atoms with E-state index in [1.54, 1.807) is 25.3 Å². The van der Waals surface area contributed by atoms with Crippen LogP contribution >= 0.6 is 23.2 Å². The van der Waals surface area contributed by atoms with E-state index in [0.717, 1.165) is 11.0 Å². The van der Waals surface area contributed by atoms with Crippen LogP contribution in [0, 0.1) is 0 Å². The minimum Gasteiger partial charge on any atom is -0.497 e. The number of anilines is 1. The number of aromatic nitrogens is 2. The molecule has 7 heteroatoms. The zero-order chi connectivity index (χ0) is 20.4. The van der Waals surface area contributed by atoms with Gasteiger partial charge < -0.3 is 14.6 Å². The maximum absolute atomic E-state index is 12.8.